The van der Waals surface area contributed by atoms with Gasteiger partial charge in [-0.05, 0) is 11.1 Å². The zero-order valence-electron chi connectivity index (χ0n) is 9.66. The first-order valence-electron chi connectivity index (χ1n) is 5.73. The predicted molar refractivity (Wildman–Crippen MR) is 70.8 cm³/mol. The summed E-state index contributed by atoms with van der Waals surface area (Å²) in [6, 6.07) is 19.6. The molecule has 1 heteroatoms. The van der Waals surface area contributed by atoms with Crippen molar-refractivity contribution in [3.8, 4) is 0 Å². The van der Waals surface area contributed by atoms with Crippen molar-refractivity contribution >= 4 is 0 Å². The lowest BCUT2D eigenvalue weighted by Crippen LogP contribution is -2.08. The fourth-order valence-electron chi connectivity index (χ4n) is 1.98. The highest BCUT2D eigenvalue weighted by molar-refractivity contribution is 5.29. The molecule has 0 fully saturated rings. The van der Waals surface area contributed by atoms with E-state index in [2.05, 4.69) is 6.58 Å². The quantitative estimate of drug-likeness (QED) is 0.785. The first-order chi connectivity index (χ1) is 8.33. The van der Waals surface area contributed by atoms with Crippen molar-refractivity contribution in [2.24, 2.45) is 0 Å². The highest BCUT2D eigenvalue weighted by Gasteiger charge is 2.19. The molecule has 0 aromatic heterocycles. The van der Waals surface area contributed by atoms with Crippen LogP contribution in [-0.4, -0.2) is 5.11 Å². The second kappa shape index (κ2) is 5.46. The molecule has 0 aliphatic carbocycles. The van der Waals surface area contributed by atoms with Crippen molar-refractivity contribution in [1.82, 2.24) is 0 Å². The molecule has 0 saturated carbocycles. The Kier molecular flexibility index (Phi) is 3.73. The van der Waals surface area contributed by atoms with Crippen molar-refractivity contribution in [3.63, 3.8) is 0 Å². The largest absolute Gasteiger partial charge is 0.387 e. The average Bonchev–Trinajstić information content (AvgIpc) is 2.42. The van der Waals surface area contributed by atoms with Gasteiger partial charge in [-0.25, -0.2) is 0 Å². The van der Waals surface area contributed by atoms with Gasteiger partial charge in [-0.1, -0.05) is 66.7 Å². The summed E-state index contributed by atoms with van der Waals surface area (Å²) in [4.78, 5) is 0. The van der Waals surface area contributed by atoms with Gasteiger partial charge in [0.05, 0.1) is 6.10 Å². The molecule has 2 unspecified atom stereocenters. The van der Waals surface area contributed by atoms with Crippen molar-refractivity contribution in [3.05, 3.63) is 84.4 Å². The van der Waals surface area contributed by atoms with Gasteiger partial charge >= 0.3 is 0 Å². The highest BCUT2D eigenvalue weighted by atomic mass is 16.3. The second-order valence-corrected chi connectivity index (χ2v) is 4.03. The van der Waals surface area contributed by atoms with Crippen LogP contribution in [0, 0.1) is 0 Å². The van der Waals surface area contributed by atoms with Crippen molar-refractivity contribution in [2.75, 3.05) is 0 Å². The lowest BCUT2D eigenvalue weighted by Gasteiger charge is -2.20. The van der Waals surface area contributed by atoms with Gasteiger partial charge in [-0.2, -0.15) is 0 Å². The van der Waals surface area contributed by atoms with Crippen LogP contribution in [0.2, 0.25) is 0 Å². The second-order valence-electron chi connectivity index (χ2n) is 4.03. The molecule has 1 N–H and O–H groups in total. The van der Waals surface area contributed by atoms with Crippen LogP contribution in [-0.2, 0) is 0 Å². The Bertz CT molecular complexity index is 461. The summed E-state index contributed by atoms with van der Waals surface area (Å²) in [5, 5.41) is 10.4. The van der Waals surface area contributed by atoms with E-state index in [0.29, 0.717) is 0 Å². The summed E-state index contributed by atoms with van der Waals surface area (Å²) >= 11 is 0. The number of benzene rings is 2. The molecule has 0 aliphatic rings. The summed E-state index contributed by atoms with van der Waals surface area (Å²) < 4.78 is 0. The minimum Gasteiger partial charge on any atom is -0.387 e. The van der Waals surface area contributed by atoms with Crippen LogP contribution in [0.15, 0.2) is 73.3 Å². The lowest BCUT2D eigenvalue weighted by atomic mass is 9.89. The molecule has 86 valence electrons. The van der Waals surface area contributed by atoms with Crippen LogP contribution in [0.4, 0.5) is 0 Å². The molecule has 1 nitrogen and oxygen atoms in total. The molecule has 0 heterocycles. The van der Waals surface area contributed by atoms with Gasteiger partial charge < -0.3 is 5.11 Å². The number of hydrogen-bond acceptors (Lipinski definition) is 1. The zero-order valence-corrected chi connectivity index (χ0v) is 9.66. The maximum absolute atomic E-state index is 10.4. The number of rotatable bonds is 4. The molecule has 0 bridgehead atoms. The SMILES string of the molecule is C=CC(c1ccccc1)C(O)c1ccccc1. The summed E-state index contributed by atoms with van der Waals surface area (Å²) in [7, 11) is 0. The lowest BCUT2D eigenvalue weighted by molar-refractivity contribution is 0.162. The fraction of sp³-hybridized carbons (Fsp3) is 0.125. The Hall–Kier alpha value is -1.86. The maximum atomic E-state index is 10.4. The zero-order chi connectivity index (χ0) is 12.1. The Labute approximate surface area is 102 Å². The summed E-state index contributed by atoms with van der Waals surface area (Å²) in [6.07, 6.45) is 1.25. The predicted octanol–water partition coefficient (Wildman–Crippen LogP) is 3.69. The highest BCUT2D eigenvalue weighted by Crippen LogP contribution is 2.31. The molecule has 2 aromatic carbocycles. The normalized spacial score (nSPS) is 13.9. The number of aliphatic hydroxyl groups is 1. The molecule has 0 saturated heterocycles. The Balaban J connectivity index is 2.28. The van der Waals surface area contributed by atoms with E-state index in [-0.39, 0.29) is 5.92 Å². The van der Waals surface area contributed by atoms with E-state index in [1.165, 1.54) is 0 Å². The van der Waals surface area contributed by atoms with Crippen LogP contribution in [0.3, 0.4) is 0 Å². The Morgan fingerprint density at radius 1 is 0.824 bits per heavy atom. The van der Waals surface area contributed by atoms with Gasteiger partial charge in [0.2, 0.25) is 0 Å². The third-order valence-electron chi connectivity index (χ3n) is 2.92. The van der Waals surface area contributed by atoms with E-state index in [1.807, 2.05) is 60.7 Å². The van der Waals surface area contributed by atoms with Gasteiger partial charge in [-0.3, -0.25) is 0 Å². The van der Waals surface area contributed by atoms with Crippen LogP contribution in [0.1, 0.15) is 23.1 Å². The summed E-state index contributed by atoms with van der Waals surface area (Å²) in [6.45, 7) is 3.82. The molecule has 0 aliphatic heterocycles. The minimum atomic E-state index is -0.545. The van der Waals surface area contributed by atoms with Crippen LogP contribution in [0.5, 0.6) is 0 Å². The van der Waals surface area contributed by atoms with Gasteiger partial charge in [0.25, 0.3) is 0 Å². The molecule has 2 aromatic rings. The first kappa shape index (κ1) is 11.6. The van der Waals surface area contributed by atoms with Crippen molar-refractivity contribution < 1.29 is 5.11 Å². The van der Waals surface area contributed by atoms with E-state index in [9.17, 15) is 5.11 Å². The van der Waals surface area contributed by atoms with Crippen LogP contribution in [0.25, 0.3) is 0 Å². The maximum Gasteiger partial charge on any atom is 0.0893 e. The Morgan fingerprint density at radius 2 is 1.29 bits per heavy atom. The van der Waals surface area contributed by atoms with Gasteiger partial charge in [0.15, 0.2) is 0 Å². The fourth-order valence-corrected chi connectivity index (χ4v) is 1.98. The molecular formula is C16H16O. The van der Waals surface area contributed by atoms with E-state index in [4.69, 9.17) is 0 Å². The molecule has 0 spiro atoms. The van der Waals surface area contributed by atoms with Gasteiger partial charge in [0.1, 0.15) is 0 Å². The van der Waals surface area contributed by atoms with Crippen LogP contribution < -0.4 is 0 Å². The average molecular weight is 224 g/mol. The third kappa shape index (κ3) is 2.63. The van der Waals surface area contributed by atoms with E-state index >= 15 is 0 Å². The summed E-state index contributed by atoms with van der Waals surface area (Å²) in [5.74, 6) is -0.0707. The molecule has 2 atom stereocenters. The topological polar surface area (TPSA) is 20.2 Å². The Morgan fingerprint density at radius 3 is 1.76 bits per heavy atom. The molecule has 0 radical (unpaired) electrons. The van der Waals surface area contributed by atoms with E-state index in [1.54, 1.807) is 6.08 Å². The van der Waals surface area contributed by atoms with Gasteiger partial charge in [-0.15, -0.1) is 6.58 Å². The van der Waals surface area contributed by atoms with Crippen molar-refractivity contribution in [1.29, 1.82) is 0 Å². The number of hydrogen-bond donors (Lipinski definition) is 1. The minimum absolute atomic E-state index is 0.0707. The summed E-state index contributed by atoms with van der Waals surface area (Å²) in [5.41, 5.74) is 2.00. The van der Waals surface area contributed by atoms with E-state index in [0.717, 1.165) is 11.1 Å². The van der Waals surface area contributed by atoms with Crippen molar-refractivity contribution in [2.45, 2.75) is 12.0 Å². The third-order valence-corrected chi connectivity index (χ3v) is 2.92. The standard InChI is InChI=1S/C16H16O/c1-2-15(13-9-5-3-6-10-13)16(17)14-11-7-4-8-12-14/h2-12,15-17H,1H2. The molecule has 2 rings (SSSR count). The number of aliphatic hydroxyl groups excluding tert-OH is 1. The first-order valence-corrected chi connectivity index (χ1v) is 5.73. The monoisotopic (exact) mass is 224 g/mol. The van der Waals surface area contributed by atoms with Crippen LogP contribution >= 0.6 is 0 Å². The van der Waals surface area contributed by atoms with Gasteiger partial charge in [0, 0.05) is 5.92 Å². The molecule has 0 amide bonds. The molecule has 17 heavy (non-hydrogen) atoms. The smallest absolute Gasteiger partial charge is 0.0893 e. The molecular weight excluding hydrogens is 208 g/mol. The van der Waals surface area contributed by atoms with E-state index < -0.39 is 6.10 Å².